The second-order valence-corrected chi connectivity index (χ2v) is 8.22. The van der Waals surface area contributed by atoms with Crippen LogP contribution in [0.25, 0.3) is 0 Å². The Balaban J connectivity index is 1.46. The molecule has 7 atom stereocenters. The van der Waals surface area contributed by atoms with E-state index in [0.29, 0.717) is 0 Å². The summed E-state index contributed by atoms with van der Waals surface area (Å²) in [4.78, 5) is 0. The van der Waals surface area contributed by atoms with Crippen molar-refractivity contribution in [1.82, 2.24) is 0 Å². The van der Waals surface area contributed by atoms with Crippen LogP contribution in [0.2, 0.25) is 0 Å². The number of fused-ring (bicyclic) bond motifs is 2. The summed E-state index contributed by atoms with van der Waals surface area (Å²) < 4.78 is 0. The Bertz CT molecular complexity index is 412. The van der Waals surface area contributed by atoms with E-state index in [1.165, 1.54) is 24.7 Å². The number of unbranched alkanes of at least 4 members (excludes halogenated alkanes) is 1. The SMILES string of the molecule is CCCCC1(C)CC12C1C3CC(C)C34CC142. The van der Waals surface area contributed by atoms with Crippen molar-refractivity contribution in [3.63, 3.8) is 0 Å². The highest BCUT2D eigenvalue weighted by molar-refractivity contribution is 5.59. The molecule has 5 saturated carbocycles. The third-order valence-corrected chi connectivity index (χ3v) is 8.31. The Kier molecular flexibility index (Phi) is 1.09. The van der Waals surface area contributed by atoms with Gasteiger partial charge in [0.2, 0.25) is 0 Å². The number of rotatable bonds is 3. The standard InChI is InChI=1S/C16H24/c1-4-5-6-13(3)8-15(13)12-11-7-10(2)14(11)9-16(12,14)15/h10-12H,4-9H2,1-3H3. The minimum atomic E-state index is 0.800. The largest absolute Gasteiger partial charge is 0.0654 e. The summed E-state index contributed by atoms with van der Waals surface area (Å²) in [6.07, 6.45) is 9.30. The van der Waals surface area contributed by atoms with Gasteiger partial charge >= 0.3 is 0 Å². The third kappa shape index (κ3) is 0.483. The molecule has 0 amide bonds. The van der Waals surface area contributed by atoms with Gasteiger partial charge in [0.05, 0.1) is 0 Å². The van der Waals surface area contributed by atoms with Crippen LogP contribution >= 0.6 is 0 Å². The molecule has 7 unspecified atom stereocenters. The van der Waals surface area contributed by atoms with Crippen molar-refractivity contribution in [2.45, 2.75) is 59.3 Å². The monoisotopic (exact) mass is 216 g/mol. The summed E-state index contributed by atoms with van der Waals surface area (Å²) >= 11 is 0. The molecule has 3 spiro atoms. The van der Waals surface area contributed by atoms with Crippen LogP contribution in [0, 0.1) is 39.4 Å². The molecule has 5 fully saturated rings. The third-order valence-electron chi connectivity index (χ3n) is 8.31. The van der Waals surface area contributed by atoms with E-state index < -0.39 is 0 Å². The van der Waals surface area contributed by atoms with Gasteiger partial charge in [0, 0.05) is 0 Å². The van der Waals surface area contributed by atoms with Gasteiger partial charge in [0.25, 0.3) is 0 Å². The predicted molar refractivity (Wildman–Crippen MR) is 64.9 cm³/mol. The van der Waals surface area contributed by atoms with Crippen molar-refractivity contribution >= 4 is 0 Å². The Morgan fingerprint density at radius 1 is 1.19 bits per heavy atom. The van der Waals surface area contributed by atoms with Crippen molar-refractivity contribution in [3.8, 4) is 0 Å². The summed E-state index contributed by atoms with van der Waals surface area (Å²) in [6, 6.07) is 0. The van der Waals surface area contributed by atoms with Crippen LogP contribution in [-0.4, -0.2) is 0 Å². The molecule has 0 radical (unpaired) electrons. The molecule has 5 rings (SSSR count). The van der Waals surface area contributed by atoms with Gasteiger partial charge < -0.3 is 0 Å². The molecule has 0 aromatic heterocycles. The van der Waals surface area contributed by atoms with Gasteiger partial charge in [-0.15, -0.1) is 0 Å². The van der Waals surface area contributed by atoms with Crippen LogP contribution in [0.15, 0.2) is 0 Å². The minimum absolute atomic E-state index is 0.800. The van der Waals surface area contributed by atoms with E-state index in [1.54, 1.807) is 25.7 Å². The molecule has 0 heterocycles. The van der Waals surface area contributed by atoms with Gasteiger partial charge in [-0.25, -0.2) is 0 Å². The van der Waals surface area contributed by atoms with Crippen LogP contribution in [0.5, 0.6) is 0 Å². The fourth-order valence-electron chi connectivity index (χ4n) is 7.76. The molecule has 5 aliphatic rings. The Hall–Kier alpha value is 0. The van der Waals surface area contributed by atoms with Crippen LogP contribution in [0.1, 0.15) is 59.3 Å². The fourth-order valence-corrected chi connectivity index (χ4v) is 7.76. The lowest BCUT2D eigenvalue weighted by Crippen LogP contribution is -2.46. The van der Waals surface area contributed by atoms with E-state index in [-0.39, 0.29) is 0 Å². The van der Waals surface area contributed by atoms with Gasteiger partial charge in [-0.1, -0.05) is 33.6 Å². The predicted octanol–water partition coefficient (Wildman–Crippen LogP) is 4.25. The van der Waals surface area contributed by atoms with Gasteiger partial charge in [0.15, 0.2) is 0 Å². The molecule has 88 valence electrons. The van der Waals surface area contributed by atoms with Crippen molar-refractivity contribution < 1.29 is 0 Å². The molecular formula is C16H24. The van der Waals surface area contributed by atoms with Gasteiger partial charge in [-0.05, 0) is 65.1 Å². The van der Waals surface area contributed by atoms with Crippen molar-refractivity contribution in [2.24, 2.45) is 39.4 Å². The molecule has 0 N–H and O–H groups in total. The van der Waals surface area contributed by atoms with E-state index >= 15 is 0 Å². The second kappa shape index (κ2) is 1.93. The van der Waals surface area contributed by atoms with Gasteiger partial charge in [-0.2, -0.15) is 0 Å². The first-order valence-corrected chi connectivity index (χ1v) is 7.61. The average molecular weight is 216 g/mol. The van der Waals surface area contributed by atoms with Crippen molar-refractivity contribution in [1.29, 1.82) is 0 Å². The maximum absolute atomic E-state index is 2.63. The number of hydrogen-bond donors (Lipinski definition) is 0. The molecule has 0 heteroatoms. The van der Waals surface area contributed by atoms with Crippen LogP contribution < -0.4 is 0 Å². The zero-order valence-electron chi connectivity index (χ0n) is 11.0. The first-order chi connectivity index (χ1) is 7.61. The average Bonchev–Trinajstić information content (AvgIpc) is 3.14. The Morgan fingerprint density at radius 2 is 2.00 bits per heavy atom. The molecule has 0 aliphatic heterocycles. The lowest BCUT2D eigenvalue weighted by molar-refractivity contribution is -0.0422. The summed E-state index contributed by atoms with van der Waals surface area (Å²) in [5.74, 6) is 3.55. The molecular weight excluding hydrogens is 192 g/mol. The quantitative estimate of drug-likeness (QED) is 0.661. The highest BCUT2D eigenvalue weighted by Gasteiger charge is 3.12. The molecule has 0 saturated heterocycles. The van der Waals surface area contributed by atoms with Crippen LogP contribution in [0.3, 0.4) is 0 Å². The molecule has 0 aromatic rings. The topological polar surface area (TPSA) is 0 Å². The van der Waals surface area contributed by atoms with E-state index in [0.717, 1.165) is 27.6 Å². The summed E-state index contributed by atoms with van der Waals surface area (Å²) in [7, 11) is 0. The van der Waals surface area contributed by atoms with E-state index in [9.17, 15) is 0 Å². The Morgan fingerprint density at radius 3 is 2.56 bits per heavy atom. The molecule has 5 aliphatic carbocycles. The summed E-state index contributed by atoms with van der Waals surface area (Å²) in [5.41, 5.74) is 3.63. The summed E-state index contributed by atoms with van der Waals surface area (Å²) in [5, 5.41) is 0. The van der Waals surface area contributed by atoms with Crippen molar-refractivity contribution in [3.05, 3.63) is 0 Å². The minimum Gasteiger partial charge on any atom is -0.0654 e. The van der Waals surface area contributed by atoms with Gasteiger partial charge in [0.1, 0.15) is 0 Å². The highest BCUT2D eigenvalue weighted by Crippen LogP contribution is 3.17. The van der Waals surface area contributed by atoms with Crippen LogP contribution in [0.4, 0.5) is 0 Å². The van der Waals surface area contributed by atoms with Crippen molar-refractivity contribution in [2.75, 3.05) is 0 Å². The zero-order chi connectivity index (χ0) is 11.0. The highest BCUT2D eigenvalue weighted by atomic mass is 15.2. The van der Waals surface area contributed by atoms with Crippen LogP contribution in [-0.2, 0) is 0 Å². The fraction of sp³-hybridized carbons (Fsp3) is 1.00. The molecule has 0 nitrogen and oxygen atoms in total. The smallest absolute Gasteiger partial charge is 0.0128 e. The number of hydrogen-bond acceptors (Lipinski definition) is 0. The van der Waals surface area contributed by atoms with Gasteiger partial charge in [-0.3, -0.25) is 0 Å². The first-order valence-electron chi connectivity index (χ1n) is 7.61. The summed E-state index contributed by atoms with van der Waals surface area (Å²) in [6.45, 7) is 7.52. The molecule has 0 bridgehead atoms. The molecule has 16 heavy (non-hydrogen) atoms. The lowest BCUT2D eigenvalue weighted by Gasteiger charge is -2.52. The second-order valence-electron chi connectivity index (χ2n) is 8.22. The maximum Gasteiger partial charge on any atom is -0.0128 e. The van der Waals surface area contributed by atoms with E-state index in [2.05, 4.69) is 20.8 Å². The maximum atomic E-state index is 2.63. The van der Waals surface area contributed by atoms with E-state index in [1.807, 2.05) is 0 Å². The Labute approximate surface area is 99.2 Å². The molecule has 0 aromatic carbocycles. The lowest BCUT2D eigenvalue weighted by atomic mass is 9.52. The normalized spacial score (nSPS) is 75.6. The zero-order valence-corrected chi connectivity index (χ0v) is 11.0. The van der Waals surface area contributed by atoms with E-state index in [4.69, 9.17) is 0 Å². The first kappa shape index (κ1) is 9.00.